The quantitative estimate of drug-likeness (QED) is 0.760. The third-order valence-electron chi connectivity index (χ3n) is 5.43. The minimum Gasteiger partial charge on any atom is -0.368 e. The van der Waals surface area contributed by atoms with Gasteiger partial charge in [-0.2, -0.15) is 0 Å². The molecular formula is C19H24N4O3. The maximum atomic E-state index is 12.8. The lowest BCUT2D eigenvalue weighted by molar-refractivity contribution is -0.136. The monoisotopic (exact) mass is 356 g/mol. The summed E-state index contributed by atoms with van der Waals surface area (Å²) < 4.78 is 0. The predicted octanol–water partition coefficient (Wildman–Crippen LogP) is 0.634. The molecule has 7 nitrogen and oxygen atoms in total. The zero-order valence-corrected chi connectivity index (χ0v) is 15.1. The Hall–Kier alpha value is -2.41. The molecule has 0 radical (unpaired) electrons. The van der Waals surface area contributed by atoms with Crippen molar-refractivity contribution in [2.45, 2.75) is 51.4 Å². The SMILES string of the molecule is C[C@@H]1CN(c2ccc3c(c2)CN(C2CCC(=O)NC2=O)C3=O)C[C@H](C)N1. The van der Waals surface area contributed by atoms with Crippen molar-refractivity contribution in [3.05, 3.63) is 29.3 Å². The van der Waals surface area contributed by atoms with E-state index in [4.69, 9.17) is 0 Å². The van der Waals surface area contributed by atoms with Gasteiger partial charge in [0, 0.05) is 49.4 Å². The number of amides is 3. The Balaban J connectivity index is 1.55. The molecular weight excluding hydrogens is 332 g/mol. The van der Waals surface area contributed by atoms with E-state index in [-0.39, 0.29) is 24.1 Å². The molecule has 3 amide bonds. The summed E-state index contributed by atoms with van der Waals surface area (Å²) in [4.78, 5) is 40.2. The van der Waals surface area contributed by atoms with E-state index in [1.54, 1.807) is 4.90 Å². The zero-order chi connectivity index (χ0) is 18.4. The van der Waals surface area contributed by atoms with Crippen LogP contribution in [0.3, 0.4) is 0 Å². The van der Waals surface area contributed by atoms with Crippen molar-refractivity contribution in [3.8, 4) is 0 Å². The molecule has 3 heterocycles. The minimum atomic E-state index is -0.560. The fourth-order valence-corrected chi connectivity index (χ4v) is 4.30. The first-order chi connectivity index (χ1) is 12.4. The van der Waals surface area contributed by atoms with E-state index in [2.05, 4.69) is 35.4 Å². The normalized spacial score (nSPS) is 29.0. The number of hydrogen-bond acceptors (Lipinski definition) is 5. The summed E-state index contributed by atoms with van der Waals surface area (Å²) in [6.45, 7) is 6.61. The number of carbonyl (C=O) groups is 3. The van der Waals surface area contributed by atoms with Crippen LogP contribution in [0, 0.1) is 0 Å². The van der Waals surface area contributed by atoms with Gasteiger partial charge < -0.3 is 15.1 Å². The van der Waals surface area contributed by atoms with Crippen LogP contribution in [0.1, 0.15) is 42.6 Å². The largest absolute Gasteiger partial charge is 0.368 e. The number of anilines is 1. The van der Waals surface area contributed by atoms with Crippen LogP contribution in [0.5, 0.6) is 0 Å². The summed E-state index contributed by atoms with van der Waals surface area (Å²) in [5.74, 6) is -0.755. The first-order valence-electron chi connectivity index (χ1n) is 9.21. The van der Waals surface area contributed by atoms with E-state index in [1.807, 2.05) is 12.1 Å². The van der Waals surface area contributed by atoms with Gasteiger partial charge in [-0.3, -0.25) is 19.7 Å². The number of imide groups is 1. The zero-order valence-electron chi connectivity index (χ0n) is 15.1. The average Bonchev–Trinajstić information content (AvgIpc) is 2.90. The van der Waals surface area contributed by atoms with Crippen molar-refractivity contribution in [2.24, 2.45) is 0 Å². The van der Waals surface area contributed by atoms with Crippen LogP contribution < -0.4 is 15.5 Å². The first-order valence-corrected chi connectivity index (χ1v) is 9.21. The van der Waals surface area contributed by atoms with Crippen LogP contribution in [-0.4, -0.2) is 53.8 Å². The van der Waals surface area contributed by atoms with Crippen LogP contribution >= 0.6 is 0 Å². The van der Waals surface area contributed by atoms with E-state index in [0.717, 1.165) is 24.3 Å². The van der Waals surface area contributed by atoms with Crippen molar-refractivity contribution in [2.75, 3.05) is 18.0 Å². The van der Waals surface area contributed by atoms with E-state index >= 15 is 0 Å². The third-order valence-corrected chi connectivity index (χ3v) is 5.43. The number of piperidine rings is 1. The molecule has 3 aliphatic heterocycles. The first kappa shape index (κ1) is 17.0. The molecule has 3 aliphatic rings. The van der Waals surface area contributed by atoms with Gasteiger partial charge in [0.25, 0.3) is 5.91 Å². The smallest absolute Gasteiger partial charge is 0.255 e. The lowest BCUT2D eigenvalue weighted by Crippen LogP contribution is -2.54. The molecule has 0 aliphatic carbocycles. The lowest BCUT2D eigenvalue weighted by Gasteiger charge is -2.37. The number of rotatable bonds is 2. The van der Waals surface area contributed by atoms with Crippen LogP contribution in [0.2, 0.25) is 0 Å². The highest BCUT2D eigenvalue weighted by Crippen LogP contribution is 2.31. The molecule has 2 saturated heterocycles. The second-order valence-electron chi connectivity index (χ2n) is 7.62. The van der Waals surface area contributed by atoms with E-state index < -0.39 is 6.04 Å². The van der Waals surface area contributed by atoms with Crippen molar-refractivity contribution in [1.82, 2.24) is 15.5 Å². The second-order valence-corrected chi connectivity index (χ2v) is 7.62. The van der Waals surface area contributed by atoms with Gasteiger partial charge in [0.2, 0.25) is 11.8 Å². The van der Waals surface area contributed by atoms with Crippen LogP contribution in [0.4, 0.5) is 5.69 Å². The molecule has 26 heavy (non-hydrogen) atoms. The average molecular weight is 356 g/mol. The Morgan fingerprint density at radius 3 is 2.50 bits per heavy atom. The molecule has 3 atom stereocenters. The van der Waals surface area contributed by atoms with Gasteiger partial charge in [-0.05, 0) is 44.0 Å². The van der Waals surface area contributed by atoms with Gasteiger partial charge in [-0.25, -0.2) is 0 Å². The second kappa shape index (κ2) is 6.39. The fourth-order valence-electron chi connectivity index (χ4n) is 4.30. The predicted molar refractivity (Wildman–Crippen MR) is 96.8 cm³/mol. The molecule has 138 valence electrons. The van der Waals surface area contributed by atoms with Gasteiger partial charge >= 0.3 is 0 Å². The summed E-state index contributed by atoms with van der Waals surface area (Å²) in [6, 6.07) is 6.20. The molecule has 2 N–H and O–H groups in total. The molecule has 0 aromatic heterocycles. The lowest BCUT2D eigenvalue weighted by atomic mass is 10.0. The van der Waals surface area contributed by atoms with Crippen LogP contribution in [0.25, 0.3) is 0 Å². The number of fused-ring (bicyclic) bond motifs is 1. The van der Waals surface area contributed by atoms with Crippen molar-refractivity contribution in [1.29, 1.82) is 0 Å². The summed E-state index contributed by atoms with van der Waals surface area (Å²) in [7, 11) is 0. The molecule has 0 spiro atoms. The van der Waals surface area contributed by atoms with Crippen molar-refractivity contribution < 1.29 is 14.4 Å². The Morgan fingerprint density at radius 2 is 1.81 bits per heavy atom. The van der Waals surface area contributed by atoms with Crippen LogP contribution in [0.15, 0.2) is 18.2 Å². The Morgan fingerprint density at radius 1 is 1.08 bits per heavy atom. The van der Waals surface area contributed by atoms with Gasteiger partial charge in [0.1, 0.15) is 6.04 Å². The molecule has 1 unspecified atom stereocenters. The standard InChI is InChI=1S/C19H24N4O3/c1-11-8-22(9-12(2)20-11)14-3-4-15-13(7-14)10-23(19(15)26)16-5-6-17(24)21-18(16)25/h3-4,7,11-12,16,20H,5-6,8-10H2,1-2H3,(H,21,24,25)/t11-,12+,16?. The molecule has 0 bridgehead atoms. The molecule has 7 heteroatoms. The number of piperazine rings is 1. The third kappa shape index (κ3) is 2.96. The number of nitrogens with zero attached hydrogens (tertiary/aromatic N) is 2. The fraction of sp³-hybridized carbons (Fsp3) is 0.526. The minimum absolute atomic E-state index is 0.122. The van der Waals surface area contributed by atoms with Gasteiger partial charge in [-0.15, -0.1) is 0 Å². The van der Waals surface area contributed by atoms with Crippen molar-refractivity contribution in [3.63, 3.8) is 0 Å². The molecule has 2 fully saturated rings. The number of nitrogens with one attached hydrogen (secondary N) is 2. The Bertz CT molecular complexity index is 768. The molecule has 4 rings (SSSR count). The molecule has 1 aromatic rings. The van der Waals surface area contributed by atoms with Gasteiger partial charge in [0.05, 0.1) is 0 Å². The molecule has 1 aromatic carbocycles. The summed E-state index contributed by atoms with van der Waals surface area (Å²) in [5.41, 5.74) is 2.73. The highest BCUT2D eigenvalue weighted by Gasteiger charge is 2.39. The highest BCUT2D eigenvalue weighted by atomic mass is 16.2. The number of hydrogen-bond donors (Lipinski definition) is 2. The van der Waals surface area contributed by atoms with Gasteiger partial charge in [-0.1, -0.05) is 0 Å². The maximum Gasteiger partial charge on any atom is 0.255 e. The van der Waals surface area contributed by atoms with E-state index in [1.165, 1.54) is 0 Å². The summed E-state index contributed by atoms with van der Waals surface area (Å²) >= 11 is 0. The topological polar surface area (TPSA) is 81.8 Å². The Labute approximate surface area is 152 Å². The number of carbonyl (C=O) groups excluding carboxylic acids is 3. The molecule has 0 saturated carbocycles. The number of benzene rings is 1. The van der Waals surface area contributed by atoms with E-state index in [9.17, 15) is 14.4 Å². The summed E-state index contributed by atoms with van der Waals surface area (Å²) in [6.07, 6.45) is 0.669. The van der Waals surface area contributed by atoms with Gasteiger partial charge in [0.15, 0.2) is 0 Å². The highest BCUT2D eigenvalue weighted by molar-refractivity contribution is 6.05. The summed E-state index contributed by atoms with van der Waals surface area (Å²) in [5, 5.41) is 5.86. The Kier molecular flexibility index (Phi) is 4.19. The van der Waals surface area contributed by atoms with E-state index in [0.29, 0.717) is 30.6 Å². The van der Waals surface area contributed by atoms with Crippen LogP contribution in [-0.2, 0) is 16.1 Å². The maximum absolute atomic E-state index is 12.8. The van der Waals surface area contributed by atoms with Crippen molar-refractivity contribution >= 4 is 23.4 Å².